The van der Waals surface area contributed by atoms with Crippen LogP contribution < -0.4 is 11.5 Å². The van der Waals surface area contributed by atoms with Crippen molar-refractivity contribution in [3.63, 3.8) is 0 Å². The fourth-order valence-corrected chi connectivity index (χ4v) is 2.90. The van der Waals surface area contributed by atoms with Crippen LogP contribution in [-0.4, -0.2) is 32.1 Å². The number of amides is 1. The monoisotopic (exact) mass is 395 g/mol. The molecule has 0 saturated heterocycles. The van der Waals surface area contributed by atoms with Crippen molar-refractivity contribution in [2.24, 2.45) is 5.73 Å². The van der Waals surface area contributed by atoms with Crippen molar-refractivity contribution >= 4 is 23.5 Å². The maximum Gasteiger partial charge on any atom is 0.250 e. The number of anilines is 1. The number of aliphatic hydroxyl groups is 1. The molecule has 8 heteroatoms. The Morgan fingerprint density at radius 1 is 1.36 bits per heavy atom. The molecule has 1 aromatic carbocycles. The first kappa shape index (κ1) is 19.4. The van der Waals surface area contributed by atoms with Gasteiger partial charge in [0.1, 0.15) is 11.8 Å². The minimum atomic E-state index is -0.820. The first-order valence-electron chi connectivity index (χ1n) is 8.38. The summed E-state index contributed by atoms with van der Waals surface area (Å²) in [5.74, 6) is 4.91. The Balaban J connectivity index is 2.23. The third-order valence-electron chi connectivity index (χ3n) is 4.03. The van der Waals surface area contributed by atoms with Crippen molar-refractivity contribution in [3.05, 3.63) is 52.2 Å². The van der Waals surface area contributed by atoms with Crippen molar-refractivity contribution in [3.8, 4) is 34.5 Å². The number of nitrogens with zero attached hydrogens (tertiary/aromatic N) is 2. The Kier molecular flexibility index (Phi) is 5.36. The van der Waals surface area contributed by atoms with E-state index in [1.165, 1.54) is 6.20 Å². The van der Waals surface area contributed by atoms with Gasteiger partial charge >= 0.3 is 0 Å². The van der Waals surface area contributed by atoms with Gasteiger partial charge in [-0.15, -0.1) is 0 Å². The summed E-state index contributed by atoms with van der Waals surface area (Å²) < 4.78 is 0. The first-order chi connectivity index (χ1) is 13.3. The number of nitrogen functional groups attached to an aromatic ring is 1. The van der Waals surface area contributed by atoms with Gasteiger partial charge in [-0.2, -0.15) is 0 Å². The summed E-state index contributed by atoms with van der Waals surface area (Å²) in [6.07, 6.45) is 0.641. The lowest BCUT2D eigenvalue weighted by Crippen LogP contribution is -2.11. The van der Waals surface area contributed by atoms with E-state index < -0.39 is 12.0 Å². The third kappa shape index (κ3) is 3.98. The van der Waals surface area contributed by atoms with Crippen LogP contribution in [0.15, 0.2) is 30.5 Å². The van der Waals surface area contributed by atoms with Gasteiger partial charge in [0, 0.05) is 16.8 Å². The molecule has 0 spiro atoms. The molecule has 1 unspecified atom stereocenters. The SMILES string of the molecule is Cc1ccc(Cl)cc1-c1[nH]c(-c2nc(N)ncc2C#CC(C)O)cc1C(N)=O. The van der Waals surface area contributed by atoms with Gasteiger partial charge in [-0.3, -0.25) is 4.79 Å². The van der Waals surface area contributed by atoms with Crippen LogP contribution in [0.5, 0.6) is 0 Å². The van der Waals surface area contributed by atoms with Crippen LogP contribution in [-0.2, 0) is 0 Å². The average Bonchev–Trinajstić information content (AvgIpc) is 3.08. The molecule has 1 amide bonds. The quantitative estimate of drug-likeness (QED) is 0.506. The molecule has 6 N–H and O–H groups in total. The van der Waals surface area contributed by atoms with Gasteiger partial charge < -0.3 is 21.6 Å². The van der Waals surface area contributed by atoms with E-state index in [4.69, 9.17) is 23.1 Å². The zero-order valence-electron chi connectivity index (χ0n) is 15.2. The molecule has 0 bridgehead atoms. The Morgan fingerprint density at radius 3 is 2.79 bits per heavy atom. The predicted octanol–water partition coefficient (Wildman–Crippen LogP) is 2.51. The third-order valence-corrected chi connectivity index (χ3v) is 4.27. The number of hydrogen-bond donors (Lipinski definition) is 4. The Bertz CT molecular complexity index is 1130. The number of benzene rings is 1. The van der Waals surface area contributed by atoms with Crippen LogP contribution in [0.1, 0.15) is 28.4 Å². The highest BCUT2D eigenvalue weighted by molar-refractivity contribution is 6.31. The number of hydrogen-bond acceptors (Lipinski definition) is 5. The van der Waals surface area contributed by atoms with E-state index in [1.54, 1.807) is 25.1 Å². The highest BCUT2D eigenvalue weighted by Gasteiger charge is 2.19. The number of primary amides is 1. The van der Waals surface area contributed by atoms with Crippen LogP contribution >= 0.6 is 11.6 Å². The second-order valence-corrected chi connectivity index (χ2v) is 6.67. The highest BCUT2D eigenvalue weighted by atomic mass is 35.5. The average molecular weight is 396 g/mol. The van der Waals surface area contributed by atoms with Gasteiger partial charge in [0.15, 0.2) is 0 Å². The molecule has 2 heterocycles. The van der Waals surface area contributed by atoms with E-state index in [0.29, 0.717) is 27.7 Å². The van der Waals surface area contributed by atoms with Crippen LogP contribution in [0.2, 0.25) is 5.02 Å². The summed E-state index contributed by atoms with van der Waals surface area (Å²) in [5, 5.41) is 9.96. The van der Waals surface area contributed by atoms with Crippen molar-refractivity contribution in [1.82, 2.24) is 15.0 Å². The zero-order chi connectivity index (χ0) is 20.4. The summed E-state index contributed by atoms with van der Waals surface area (Å²) in [4.78, 5) is 23.4. The number of H-pyrrole nitrogens is 1. The number of aliphatic hydroxyl groups excluding tert-OH is 1. The highest BCUT2D eigenvalue weighted by Crippen LogP contribution is 2.32. The van der Waals surface area contributed by atoms with Crippen LogP contribution in [0.25, 0.3) is 22.6 Å². The Labute approximate surface area is 166 Å². The summed E-state index contributed by atoms with van der Waals surface area (Å²) in [6, 6.07) is 6.96. The van der Waals surface area contributed by atoms with E-state index in [-0.39, 0.29) is 11.5 Å². The number of rotatable bonds is 3. The van der Waals surface area contributed by atoms with Gasteiger partial charge in [-0.25, -0.2) is 9.97 Å². The summed E-state index contributed by atoms with van der Waals surface area (Å²) >= 11 is 6.13. The lowest BCUT2D eigenvalue weighted by molar-refractivity contribution is 0.100. The maximum atomic E-state index is 12.1. The summed E-state index contributed by atoms with van der Waals surface area (Å²) in [5.41, 5.74) is 15.1. The number of aromatic amines is 1. The molecule has 28 heavy (non-hydrogen) atoms. The number of halogens is 1. The number of nitrogens with two attached hydrogens (primary N) is 2. The molecular formula is C20H18ClN5O2. The van der Waals surface area contributed by atoms with E-state index in [2.05, 4.69) is 26.8 Å². The maximum absolute atomic E-state index is 12.1. The zero-order valence-corrected chi connectivity index (χ0v) is 16.0. The normalized spacial score (nSPS) is 11.6. The second kappa shape index (κ2) is 7.72. The lowest BCUT2D eigenvalue weighted by Gasteiger charge is -2.07. The minimum absolute atomic E-state index is 0.0494. The Hall–Kier alpha value is -3.34. The fraction of sp³-hybridized carbons (Fsp3) is 0.150. The molecule has 0 aliphatic heterocycles. The first-order valence-corrected chi connectivity index (χ1v) is 8.76. The van der Waals surface area contributed by atoms with E-state index >= 15 is 0 Å². The van der Waals surface area contributed by atoms with Crippen molar-refractivity contribution in [2.75, 3.05) is 5.73 Å². The Morgan fingerprint density at radius 2 is 2.11 bits per heavy atom. The second-order valence-electron chi connectivity index (χ2n) is 6.23. The van der Waals surface area contributed by atoms with Gasteiger partial charge in [-0.05, 0) is 37.6 Å². The lowest BCUT2D eigenvalue weighted by atomic mass is 10.0. The summed E-state index contributed by atoms with van der Waals surface area (Å²) in [7, 11) is 0. The molecule has 2 aromatic heterocycles. The molecule has 3 rings (SSSR count). The van der Waals surface area contributed by atoms with E-state index in [0.717, 1.165) is 11.1 Å². The standard InChI is InChI=1S/C20H18ClN5O2/c1-10-3-6-13(21)7-14(10)18-15(19(22)28)8-16(25-18)17-12(5-4-11(2)27)9-24-20(23)26-17/h3,6-9,11,25,27H,1-2H3,(H2,22,28)(H2,23,24,26). The van der Waals surface area contributed by atoms with Crippen LogP contribution in [0, 0.1) is 18.8 Å². The minimum Gasteiger partial charge on any atom is -0.381 e. The van der Waals surface area contributed by atoms with Gasteiger partial charge in [-0.1, -0.05) is 29.5 Å². The molecule has 0 radical (unpaired) electrons. The molecule has 0 saturated carbocycles. The number of carbonyl (C=O) groups excluding carboxylic acids is 1. The molecule has 0 aliphatic rings. The van der Waals surface area contributed by atoms with Crippen LogP contribution in [0.3, 0.4) is 0 Å². The molecule has 142 valence electrons. The predicted molar refractivity (Wildman–Crippen MR) is 108 cm³/mol. The van der Waals surface area contributed by atoms with E-state index in [9.17, 15) is 9.90 Å². The van der Waals surface area contributed by atoms with Gasteiger partial charge in [0.05, 0.1) is 22.5 Å². The topological polar surface area (TPSA) is 131 Å². The molecule has 1 atom stereocenters. The molecule has 7 nitrogen and oxygen atoms in total. The fourth-order valence-electron chi connectivity index (χ4n) is 2.73. The molecule has 0 aliphatic carbocycles. The van der Waals surface area contributed by atoms with Crippen molar-refractivity contribution in [1.29, 1.82) is 0 Å². The number of aromatic nitrogens is 3. The van der Waals surface area contributed by atoms with Gasteiger partial charge in [0.2, 0.25) is 5.95 Å². The number of nitrogens with one attached hydrogen (secondary N) is 1. The van der Waals surface area contributed by atoms with Gasteiger partial charge in [0.25, 0.3) is 5.91 Å². The largest absolute Gasteiger partial charge is 0.381 e. The summed E-state index contributed by atoms with van der Waals surface area (Å²) in [6.45, 7) is 3.45. The van der Waals surface area contributed by atoms with Crippen LogP contribution in [0.4, 0.5) is 5.95 Å². The molecule has 3 aromatic rings. The van der Waals surface area contributed by atoms with Crippen molar-refractivity contribution in [2.45, 2.75) is 20.0 Å². The molecular weight excluding hydrogens is 378 g/mol. The smallest absolute Gasteiger partial charge is 0.250 e. The number of aryl methyl sites for hydroxylation is 1. The van der Waals surface area contributed by atoms with E-state index in [1.807, 2.05) is 13.0 Å². The van der Waals surface area contributed by atoms with Crippen molar-refractivity contribution < 1.29 is 9.90 Å². The number of carbonyl (C=O) groups is 1. The molecule has 0 fully saturated rings.